The highest BCUT2D eigenvalue weighted by Crippen LogP contribution is 2.59. The van der Waals surface area contributed by atoms with E-state index in [0.717, 1.165) is 11.8 Å². The molecule has 2 aliphatic rings. The molecule has 3 N–H and O–H groups in total. The quantitative estimate of drug-likeness (QED) is 0.258. The lowest BCUT2D eigenvalue weighted by Gasteiger charge is -2.47. The fraction of sp³-hybridized carbons (Fsp3) is 0.344. The van der Waals surface area contributed by atoms with Crippen LogP contribution in [0, 0.1) is 6.92 Å². The number of carbonyl (C=O) groups is 3. The molecule has 238 valence electrons. The largest absolute Gasteiger partial charge is 0.477 e. The van der Waals surface area contributed by atoms with Crippen LogP contribution < -0.4 is 20.1 Å². The van der Waals surface area contributed by atoms with Crippen LogP contribution in [-0.4, -0.2) is 38.0 Å². The standard InChI is InChI=1S/C32H32Cl3N3O6S/c1-5-31(6-2,29(40)38-45(4,42)43)44-26-12-10-19(34)14-22(26)24-16-27(39)37-28(21-13-18(33)8-7-17(21)3)32(24)23-11-9-20(35)15-25(23)36-30(32)41/h7-15,24,28H,5-6,16H2,1-4H3,(H,36,41)(H,37,39)(H,38,40)/t24-,28-,32?/m0/s1. The number of piperidine rings is 1. The van der Waals surface area contributed by atoms with Gasteiger partial charge < -0.3 is 15.4 Å². The molecule has 3 atom stereocenters. The predicted molar refractivity (Wildman–Crippen MR) is 175 cm³/mol. The number of nitrogens with one attached hydrogen (secondary N) is 3. The third kappa shape index (κ3) is 5.89. The predicted octanol–water partition coefficient (Wildman–Crippen LogP) is 6.20. The molecule has 5 rings (SSSR count). The summed E-state index contributed by atoms with van der Waals surface area (Å²) >= 11 is 19.4. The molecular formula is C32H32Cl3N3O6S. The van der Waals surface area contributed by atoms with Gasteiger partial charge in [-0.15, -0.1) is 0 Å². The number of carbonyl (C=O) groups excluding carboxylic acids is 3. The molecule has 0 saturated carbocycles. The number of halogens is 3. The number of aryl methyl sites for hydroxylation is 1. The normalized spacial score (nSPS) is 21.2. The van der Waals surface area contributed by atoms with Gasteiger partial charge in [-0.2, -0.15) is 0 Å². The van der Waals surface area contributed by atoms with E-state index in [-0.39, 0.29) is 36.8 Å². The molecule has 3 amide bonds. The molecule has 45 heavy (non-hydrogen) atoms. The van der Waals surface area contributed by atoms with Crippen molar-refractivity contribution in [1.82, 2.24) is 10.0 Å². The van der Waals surface area contributed by atoms with Crippen LogP contribution in [0.2, 0.25) is 15.1 Å². The first-order chi connectivity index (χ1) is 21.1. The molecule has 0 radical (unpaired) electrons. The Morgan fingerprint density at radius 3 is 2.22 bits per heavy atom. The van der Waals surface area contributed by atoms with Crippen molar-refractivity contribution in [3.8, 4) is 5.75 Å². The zero-order valence-electron chi connectivity index (χ0n) is 25.0. The van der Waals surface area contributed by atoms with E-state index >= 15 is 0 Å². The number of benzene rings is 3. The van der Waals surface area contributed by atoms with Gasteiger partial charge in [0.05, 0.1) is 12.3 Å². The third-order valence-electron chi connectivity index (χ3n) is 8.79. The Bertz CT molecular complexity index is 1830. The van der Waals surface area contributed by atoms with Gasteiger partial charge in [0.15, 0.2) is 5.60 Å². The lowest BCUT2D eigenvalue weighted by Crippen LogP contribution is -2.57. The first-order valence-electron chi connectivity index (χ1n) is 14.3. The van der Waals surface area contributed by atoms with Gasteiger partial charge in [-0.05, 0) is 78.9 Å². The maximum atomic E-state index is 14.5. The zero-order valence-corrected chi connectivity index (χ0v) is 28.0. The number of amides is 3. The molecule has 3 aromatic rings. The van der Waals surface area contributed by atoms with Crippen molar-refractivity contribution in [2.24, 2.45) is 0 Å². The number of fused-ring (bicyclic) bond motifs is 2. The minimum absolute atomic E-state index is 0.120. The second-order valence-corrected chi connectivity index (χ2v) is 14.5. The van der Waals surface area contributed by atoms with Crippen molar-refractivity contribution < 1.29 is 27.5 Å². The molecular weight excluding hydrogens is 661 g/mol. The fourth-order valence-corrected chi connectivity index (χ4v) is 7.62. The van der Waals surface area contributed by atoms with Gasteiger partial charge in [0.1, 0.15) is 11.2 Å². The van der Waals surface area contributed by atoms with Crippen LogP contribution in [-0.2, 0) is 29.8 Å². The summed E-state index contributed by atoms with van der Waals surface area (Å²) in [6.45, 7) is 5.29. The monoisotopic (exact) mass is 691 g/mol. The van der Waals surface area contributed by atoms with Crippen molar-refractivity contribution in [1.29, 1.82) is 0 Å². The summed E-state index contributed by atoms with van der Waals surface area (Å²) in [5.74, 6) is -2.23. The molecule has 2 heterocycles. The number of sulfonamides is 1. The van der Waals surface area contributed by atoms with E-state index in [1.54, 1.807) is 62.4 Å². The molecule has 1 fully saturated rings. The Balaban J connectivity index is 1.78. The van der Waals surface area contributed by atoms with Crippen molar-refractivity contribution in [3.63, 3.8) is 0 Å². The van der Waals surface area contributed by atoms with Crippen molar-refractivity contribution in [2.45, 2.75) is 63.0 Å². The molecule has 0 aromatic heterocycles. The van der Waals surface area contributed by atoms with Crippen molar-refractivity contribution in [3.05, 3.63) is 91.9 Å². The first-order valence-corrected chi connectivity index (χ1v) is 17.3. The van der Waals surface area contributed by atoms with Crippen LogP contribution in [0.5, 0.6) is 5.75 Å². The molecule has 1 saturated heterocycles. The highest BCUT2D eigenvalue weighted by molar-refractivity contribution is 7.89. The SMILES string of the molecule is CCC(CC)(Oc1ccc(Cl)cc1[C@@H]1CC(=O)N[C@@H](c2cc(Cl)ccc2C)C12C(=O)Nc1cc(Cl)ccc12)C(=O)NS(C)(=O)=O. The Morgan fingerprint density at radius 2 is 1.58 bits per heavy atom. The minimum atomic E-state index is -3.90. The van der Waals surface area contributed by atoms with E-state index in [1.807, 2.05) is 17.7 Å². The summed E-state index contributed by atoms with van der Waals surface area (Å²) in [6, 6.07) is 14.3. The third-order valence-corrected chi connectivity index (χ3v) is 10.1. The van der Waals surface area contributed by atoms with Crippen molar-refractivity contribution in [2.75, 3.05) is 11.6 Å². The van der Waals surface area contributed by atoms with Crippen LogP contribution in [0.1, 0.15) is 67.3 Å². The highest BCUT2D eigenvalue weighted by Gasteiger charge is 2.62. The van der Waals surface area contributed by atoms with E-state index in [0.29, 0.717) is 37.4 Å². The van der Waals surface area contributed by atoms with Gasteiger partial charge in [-0.25, -0.2) is 13.1 Å². The average molecular weight is 693 g/mol. The Hall–Kier alpha value is -3.31. The zero-order chi connectivity index (χ0) is 32.9. The number of ether oxygens (including phenoxy) is 1. The van der Waals surface area contributed by atoms with E-state index in [9.17, 15) is 22.8 Å². The maximum Gasteiger partial charge on any atom is 0.277 e. The molecule has 0 bridgehead atoms. The second-order valence-electron chi connectivity index (χ2n) is 11.5. The number of rotatable bonds is 8. The van der Waals surface area contributed by atoms with Crippen molar-refractivity contribution >= 4 is 68.2 Å². The number of anilines is 1. The summed E-state index contributed by atoms with van der Waals surface area (Å²) in [4.78, 5) is 41.5. The van der Waals surface area contributed by atoms with E-state index in [1.165, 1.54) is 0 Å². The molecule has 3 aromatic carbocycles. The Morgan fingerprint density at radius 1 is 0.978 bits per heavy atom. The summed E-state index contributed by atoms with van der Waals surface area (Å²) in [6.07, 6.45) is 0.993. The lowest BCUT2D eigenvalue weighted by atomic mass is 9.59. The fourth-order valence-electron chi connectivity index (χ4n) is 6.56. The average Bonchev–Trinajstić information content (AvgIpc) is 3.24. The lowest BCUT2D eigenvalue weighted by molar-refractivity contribution is -0.136. The van der Waals surface area contributed by atoms with Gasteiger partial charge in [0.25, 0.3) is 5.91 Å². The topological polar surface area (TPSA) is 131 Å². The van der Waals surface area contributed by atoms with Crippen LogP contribution in [0.15, 0.2) is 54.6 Å². The van der Waals surface area contributed by atoms with Gasteiger partial charge in [-0.3, -0.25) is 14.4 Å². The van der Waals surface area contributed by atoms with Gasteiger partial charge in [0, 0.05) is 38.7 Å². The van der Waals surface area contributed by atoms with Crippen LogP contribution >= 0.6 is 34.8 Å². The molecule has 1 unspecified atom stereocenters. The molecule has 13 heteroatoms. The molecule has 9 nitrogen and oxygen atoms in total. The van der Waals surface area contributed by atoms with Crippen LogP contribution in [0.3, 0.4) is 0 Å². The highest BCUT2D eigenvalue weighted by atomic mass is 35.5. The smallest absolute Gasteiger partial charge is 0.277 e. The second kappa shape index (κ2) is 12.1. The maximum absolute atomic E-state index is 14.5. The van der Waals surface area contributed by atoms with Gasteiger partial charge in [0.2, 0.25) is 21.8 Å². The van der Waals surface area contributed by atoms with Gasteiger partial charge in [-0.1, -0.05) is 60.8 Å². The summed E-state index contributed by atoms with van der Waals surface area (Å²) in [5.41, 5.74) is -0.0954. The first kappa shape index (κ1) is 33.1. The van der Waals surface area contributed by atoms with Gasteiger partial charge >= 0.3 is 0 Å². The van der Waals surface area contributed by atoms with E-state index < -0.39 is 38.9 Å². The van der Waals surface area contributed by atoms with E-state index in [4.69, 9.17) is 39.5 Å². The number of hydrogen-bond donors (Lipinski definition) is 3. The molecule has 1 spiro atoms. The summed E-state index contributed by atoms with van der Waals surface area (Å²) < 4.78 is 32.6. The molecule has 2 aliphatic heterocycles. The van der Waals surface area contributed by atoms with E-state index in [2.05, 4.69) is 10.6 Å². The van der Waals surface area contributed by atoms with Crippen LogP contribution in [0.25, 0.3) is 0 Å². The Kier molecular flexibility index (Phi) is 8.91. The number of hydrogen-bond acceptors (Lipinski definition) is 6. The summed E-state index contributed by atoms with van der Waals surface area (Å²) in [7, 11) is -3.90. The summed E-state index contributed by atoms with van der Waals surface area (Å²) in [5, 5.41) is 7.20. The van der Waals surface area contributed by atoms with Crippen LogP contribution in [0.4, 0.5) is 5.69 Å². The molecule has 0 aliphatic carbocycles. The minimum Gasteiger partial charge on any atom is -0.477 e. The Labute approximate surface area is 277 Å².